The standard InChI is InChI=1S/C18H18ClN3O4S2/c19-11-5-9(6-12-15(11)26-8-25-12)16-14-17(20-13(23)7-28-16)22(21-18(14)24)10-1-3-27-4-2-10/h5-6,10,16H,1-4,7-8H2,(H,20,23)(H,21,24). The number of aromatic amines is 1. The quantitative estimate of drug-likeness (QED) is 0.746. The van der Waals surface area contributed by atoms with Crippen LogP contribution in [0.4, 0.5) is 5.82 Å². The Bertz CT molecular complexity index is 999. The third kappa shape index (κ3) is 3.09. The SMILES string of the molecule is O=C1CSC(c2cc(Cl)c3c(c2)OCO3)c2c(n(C3CCSCC3)[nH]c2=O)N1. The summed E-state index contributed by atoms with van der Waals surface area (Å²) in [5.74, 6) is 3.89. The van der Waals surface area contributed by atoms with Gasteiger partial charge in [0.2, 0.25) is 12.7 Å². The molecule has 5 rings (SSSR count). The first-order chi connectivity index (χ1) is 13.6. The van der Waals surface area contributed by atoms with Gasteiger partial charge in [0.1, 0.15) is 5.82 Å². The van der Waals surface area contributed by atoms with Crippen molar-refractivity contribution in [3.05, 3.63) is 38.6 Å². The smallest absolute Gasteiger partial charge is 0.270 e. The van der Waals surface area contributed by atoms with Crippen LogP contribution < -0.4 is 20.3 Å². The van der Waals surface area contributed by atoms with Gasteiger partial charge in [-0.3, -0.25) is 19.4 Å². The number of thioether (sulfide) groups is 2. The summed E-state index contributed by atoms with van der Waals surface area (Å²) in [6.45, 7) is 0.123. The van der Waals surface area contributed by atoms with Crippen molar-refractivity contribution in [2.24, 2.45) is 0 Å². The van der Waals surface area contributed by atoms with Crippen LogP contribution in [0.15, 0.2) is 16.9 Å². The second-order valence-corrected chi connectivity index (χ2v) is 9.62. The number of fused-ring (bicyclic) bond motifs is 2. The molecule has 1 aromatic carbocycles. The first-order valence-corrected chi connectivity index (χ1v) is 11.6. The second-order valence-electron chi connectivity index (χ2n) is 6.89. The van der Waals surface area contributed by atoms with E-state index in [-0.39, 0.29) is 35.3 Å². The molecule has 0 spiro atoms. The maximum absolute atomic E-state index is 13.0. The lowest BCUT2D eigenvalue weighted by Crippen LogP contribution is -2.22. The largest absolute Gasteiger partial charge is 0.454 e. The van der Waals surface area contributed by atoms with Crippen molar-refractivity contribution in [3.63, 3.8) is 0 Å². The van der Waals surface area contributed by atoms with Gasteiger partial charge in [0.15, 0.2) is 11.5 Å². The highest BCUT2D eigenvalue weighted by Gasteiger charge is 2.34. The predicted molar refractivity (Wildman–Crippen MR) is 111 cm³/mol. The third-order valence-corrected chi connectivity index (χ3v) is 7.77. The van der Waals surface area contributed by atoms with Crippen LogP contribution in [0.2, 0.25) is 5.02 Å². The molecule has 1 atom stereocenters. The summed E-state index contributed by atoms with van der Waals surface area (Å²) in [5, 5.41) is 6.04. The van der Waals surface area contributed by atoms with Crippen molar-refractivity contribution < 1.29 is 14.3 Å². The molecule has 1 aromatic heterocycles. The lowest BCUT2D eigenvalue weighted by molar-refractivity contribution is -0.113. The molecule has 3 aliphatic rings. The van der Waals surface area contributed by atoms with Gasteiger partial charge in [0, 0.05) is 0 Å². The minimum atomic E-state index is -0.330. The van der Waals surface area contributed by atoms with E-state index in [1.807, 2.05) is 22.5 Å². The van der Waals surface area contributed by atoms with Crippen molar-refractivity contribution in [2.75, 3.05) is 29.4 Å². The molecule has 2 N–H and O–H groups in total. The summed E-state index contributed by atoms with van der Waals surface area (Å²) in [6.07, 6.45) is 1.93. The van der Waals surface area contributed by atoms with Crippen molar-refractivity contribution in [2.45, 2.75) is 24.1 Å². The van der Waals surface area contributed by atoms with Crippen LogP contribution >= 0.6 is 35.1 Å². The van der Waals surface area contributed by atoms with Gasteiger partial charge >= 0.3 is 0 Å². The van der Waals surface area contributed by atoms with Gasteiger partial charge in [0.05, 0.1) is 27.6 Å². The zero-order chi connectivity index (χ0) is 19.3. The fraction of sp³-hybridized carbons (Fsp3) is 0.444. The molecule has 4 heterocycles. The Labute approximate surface area is 174 Å². The fourth-order valence-corrected chi connectivity index (χ4v) is 6.32. The topological polar surface area (TPSA) is 85.3 Å². The number of carbonyl (C=O) groups excluding carboxylic acids is 1. The summed E-state index contributed by atoms with van der Waals surface area (Å²) >= 11 is 9.69. The van der Waals surface area contributed by atoms with Gasteiger partial charge in [0.25, 0.3) is 5.56 Å². The number of rotatable bonds is 2. The van der Waals surface area contributed by atoms with Crippen molar-refractivity contribution in [1.82, 2.24) is 9.78 Å². The van der Waals surface area contributed by atoms with Crippen molar-refractivity contribution >= 4 is 46.8 Å². The molecule has 0 saturated carbocycles. The van der Waals surface area contributed by atoms with Gasteiger partial charge in [-0.2, -0.15) is 11.8 Å². The third-order valence-electron chi connectivity index (χ3n) is 5.17. The molecule has 1 amide bonds. The Morgan fingerprint density at radius 1 is 1.18 bits per heavy atom. The van der Waals surface area contributed by atoms with Crippen LogP contribution in [0.3, 0.4) is 0 Å². The maximum atomic E-state index is 13.0. The normalized spacial score (nSPS) is 21.9. The van der Waals surface area contributed by atoms with Crippen LogP contribution in [-0.4, -0.2) is 39.7 Å². The van der Waals surface area contributed by atoms with E-state index in [0.717, 1.165) is 29.9 Å². The Morgan fingerprint density at radius 2 is 2.00 bits per heavy atom. The van der Waals surface area contributed by atoms with E-state index in [0.29, 0.717) is 27.9 Å². The highest BCUT2D eigenvalue weighted by atomic mass is 35.5. The first-order valence-electron chi connectivity index (χ1n) is 9.04. The zero-order valence-corrected chi connectivity index (χ0v) is 17.2. The lowest BCUT2D eigenvalue weighted by Gasteiger charge is -2.24. The number of hydrogen-bond donors (Lipinski definition) is 2. The minimum Gasteiger partial charge on any atom is -0.454 e. The molecule has 2 aromatic rings. The molecule has 148 valence electrons. The van der Waals surface area contributed by atoms with Crippen LogP contribution in [0.25, 0.3) is 0 Å². The van der Waals surface area contributed by atoms with Gasteiger partial charge in [-0.05, 0) is 42.0 Å². The molecule has 1 fully saturated rings. The number of aromatic nitrogens is 2. The predicted octanol–water partition coefficient (Wildman–Crippen LogP) is 3.40. The molecule has 0 bridgehead atoms. The van der Waals surface area contributed by atoms with E-state index in [1.165, 1.54) is 11.8 Å². The number of ether oxygens (including phenoxy) is 2. The number of nitrogens with one attached hydrogen (secondary N) is 2. The summed E-state index contributed by atoms with van der Waals surface area (Å²) in [7, 11) is 0. The van der Waals surface area contributed by atoms with Crippen molar-refractivity contribution in [1.29, 1.82) is 0 Å². The van der Waals surface area contributed by atoms with E-state index in [4.69, 9.17) is 21.1 Å². The summed E-state index contributed by atoms with van der Waals surface area (Å²) < 4.78 is 12.7. The summed E-state index contributed by atoms with van der Waals surface area (Å²) in [6, 6.07) is 3.82. The molecule has 1 unspecified atom stereocenters. The molecule has 0 aliphatic carbocycles. The number of nitrogens with zero attached hydrogens (tertiary/aromatic N) is 1. The maximum Gasteiger partial charge on any atom is 0.270 e. The number of H-pyrrole nitrogens is 1. The second kappa shape index (κ2) is 7.27. The number of anilines is 1. The van der Waals surface area contributed by atoms with Gasteiger partial charge < -0.3 is 14.8 Å². The van der Waals surface area contributed by atoms with E-state index < -0.39 is 0 Å². The van der Waals surface area contributed by atoms with Crippen molar-refractivity contribution in [3.8, 4) is 11.5 Å². The number of benzene rings is 1. The monoisotopic (exact) mass is 439 g/mol. The molecule has 3 aliphatic heterocycles. The average molecular weight is 440 g/mol. The molecule has 10 heteroatoms. The van der Waals surface area contributed by atoms with Crippen LogP contribution in [0, 0.1) is 0 Å². The minimum absolute atomic E-state index is 0.112. The van der Waals surface area contributed by atoms with Crippen LogP contribution in [-0.2, 0) is 4.79 Å². The Morgan fingerprint density at radius 3 is 2.82 bits per heavy atom. The number of carbonyl (C=O) groups is 1. The van der Waals surface area contributed by atoms with Crippen LogP contribution in [0.1, 0.15) is 35.3 Å². The molecule has 7 nitrogen and oxygen atoms in total. The zero-order valence-electron chi connectivity index (χ0n) is 14.8. The molecule has 0 radical (unpaired) electrons. The van der Waals surface area contributed by atoms with E-state index in [1.54, 1.807) is 6.07 Å². The van der Waals surface area contributed by atoms with Crippen LogP contribution in [0.5, 0.6) is 11.5 Å². The van der Waals surface area contributed by atoms with Gasteiger partial charge in [-0.1, -0.05) is 11.6 Å². The van der Waals surface area contributed by atoms with Gasteiger partial charge in [-0.25, -0.2) is 0 Å². The molecule has 1 saturated heterocycles. The Kier molecular flexibility index (Phi) is 4.76. The lowest BCUT2D eigenvalue weighted by atomic mass is 10.0. The Balaban J connectivity index is 1.62. The highest BCUT2D eigenvalue weighted by Crippen LogP contribution is 2.47. The molecule has 28 heavy (non-hydrogen) atoms. The number of halogens is 1. The average Bonchev–Trinajstić information content (AvgIpc) is 3.24. The Hall–Kier alpha value is -1.71. The molecular formula is C18H18ClN3O4S2. The summed E-state index contributed by atoms with van der Waals surface area (Å²) in [5.41, 5.74) is 1.20. The van der Waals surface area contributed by atoms with E-state index >= 15 is 0 Å². The first kappa shape index (κ1) is 18.3. The van der Waals surface area contributed by atoms with E-state index in [2.05, 4.69) is 10.4 Å². The highest BCUT2D eigenvalue weighted by molar-refractivity contribution is 8.00. The fourth-order valence-electron chi connectivity index (χ4n) is 3.86. The van der Waals surface area contributed by atoms with E-state index in [9.17, 15) is 9.59 Å². The summed E-state index contributed by atoms with van der Waals surface area (Å²) in [4.78, 5) is 25.3. The molecular weight excluding hydrogens is 422 g/mol. The van der Waals surface area contributed by atoms with Gasteiger partial charge in [-0.15, -0.1) is 11.8 Å². The number of hydrogen-bond acceptors (Lipinski definition) is 6. The number of amides is 1.